The molecule has 13 heavy (non-hydrogen) atoms. The van der Waals surface area contributed by atoms with Crippen molar-refractivity contribution in [1.82, 2.24) is 0 Å². The van der Waals surface area contributed by atoms with Gasteiger partial charge in [-0.25, -0.2) is 0 Å². The van der Waals surface area contributed by atoms with Crippen molar-refractivity contribution in [1.29, 1.82) is 0 Å². The molecule has 0 aromatic rings. The Bertz CT molecular complexity index is 134. The number of carbonyl (C=O) groups is 1. The predicted molar refractivity (Wildman–Crippen MR) is 57.4 cm³/mol. The highest BCUT2D eigenvalue weighted by Crippen LogP contribution is 1.98. The maximum atomic E-state index is 10.7. The van der Waals surface area contributed by atoms with E-state index in [-0.39, 0.29) is 36.8 Å². The SMILES string of the molecule is COC(=O)C(N)CCC(C)N.Cl.Cl. The fourth-order valence-electron chi connectivity index (χ4n) is 0.712. The summed E-state index contributed by atoms with van der Waals surface area (Å²) in [5.74, 6) is -0.370. The zero-order valence-corrected chi connectivity index (χ0v) is 9.49. The Morgan fingerprint density at radius 2 is 1.77 bits per heavy atom. The molecule has 82 valence electrons. The molecule has 0 radical (unpaired) electrons. The minimum atomic E-state index is -0.522. The number of ether oxygens (including phenoxy) is 1. The summed E-state index contributed by atoms with van der Waals surface area (Å²) >= 11 is 0. The molecule has 0 fully saturated rings. The average molecular weight is 233 g/mol. The molecule has 0 aromatic heterocycles. The van der Waals surface area contributed by atoms with Crippen LogP contribution in [0.3, 0.4) is 0 Å². The van der Waals surface area contributed by atoms with Crippen molar-refractivity contribution in [2.75, 3.05) is 7.11 Å². The quantitative estimate of drug-likeness (QED) is 0.691. The van der Waals surface area contributed by atoms with E-state index in [1.54, 1.807) is 0 Å². The van der Waals surface area contributed by atoms with Gasteiger partial charge in [0, 0.05) is 6.04 Å². The van der Waals surface area contributed by atoms with Crippen LogP contribution in [0.5, 0.6) is 0 Å². The van der Waals surface area contributed by atoms with Crippen LogP contribution in [0.15, 0.2) is 0 Å². The van der Waals surface area contributed by atoms with Crippen molar-refractivity contribution < 1.29 is 9.53 Å². The third-order valence-electron chi connectivity index (χ3n) is 1.44. The Hall–Kier alpha value is -0.0300. The first-order chi connectivity index (χ1) is 5.07. The van der Waals surface area contributed by atoms with E-state index in [0.717, 1.165) is 6.42 Å². The van der Waals surface area contributed by atoms with Gasteiger partial charge in [-0.15, -0.1) is 24.8 Å². The summed E-state index contributed by atoms with van der Waals surface area (Å²) in [6, 6.07) is -0.434. The molecule has 6 heteroatoms. The molecule has 4 N–H and O–H groups in total. The Morgan fingerprint density at radius 3 is 2.08 bits per heavy atom. The van der Waals surface area contributed by atoms with Crippen LogP contribution >= 0.6 is 24.8 Å². The van der Waals surface area contributed by atoms with E-state index in [1.807, 2.05) is 6.92 Å². The first-order valence-corrected chi connectivity index (χ1v) is 3.67. The molecule has 2 unspecified atom stereocenters. The van der Waals surface area contributed by atoms with Crippen LogP contribution in [0.2, 0.25) is 0 Å². The summed E-state index contributed by atoms with van der Waals surface area (Å²) in [5.41, 5.74) is 10.9. The number of hydrogen-bond donors (Lipinski definition) is 2. The van der Waals surface area contributed by atoms with E-state index in [4.69, 9.17) is 11.5 Å². The first kappa shape index (κ1) is 18.7. The van der Waals surface area contributed by atoms with Gasteiger partial charge in [0.25, 0.3) is 0 Å². The van der Waals surface area contributed by atoms with Crippen LogP contribution in [0.4, 0.5) is 0 Å². The van der Waals surface area contributed by atoms with Crippen LogP contribution < -0.4 is 11.5 Å². The van der Waals surface area contributed by atoms with Crippen molar-refractivity contribution in [3.8, 4) is 0 Å². The third-order valence-corrected chi connectivity index (χ3v) is 1.44. The summed E-state index contributed by atoms with van der Waals surface area (Å²) in [5, 5.41) is 0. The van der Waals surface area contributed by atoms with Crippen LogP contribution in [0.25, 0.3) is 0 Å². The van der Waals surface area contributed by atoms with Gasteiger partial charge in [-0.2, -0.15) is 0 Å². The fourth-order valence-corrected chi connectivity index (χ4v) is 0.712. The number of hydrogen-bond acceptors (Lipinski definition) is 4. The molecule has 2 atom stereocenters. The monoisotopic (exact) mass is 232 g/mol. The molecular formula is C7H18Cl2N2O2. The highest BCUT2D eigenvalue weighted by molar-refractivity contribution is 5.85. The fraction of sp³-hybridized carbons (Fsp3) is 0.857. The first-order valence-electron chi connectivity index (χ1n) is 3.67. The Morgan fingerprint density at radius 1 is 1.31 bits per heavy atom. The zero-order valence-electron chi connectivity index (χ0n) is 7.86. The molecule has 0 spiro atoms. The minimum Gasteiger partial charge on any atom is -0.468 e. The molecule has 0 aliphatic heterocycles. The Balaban J connectivity index is -0.000000500. The zero-order chi connectivity index (χ0) is 8.85. The second-order valence-corrected chi connectivity index (χ2v) is 2.68. The van der Waals surface area contributed by atoms with Crippen molar-refractivity contribution in [2.24, 2.45) is 11.5 Å². The number of methoxy groups -OCH3 is 1. The lowest BCUT2D eigenvalue weighted by molar-refractivity contribution is -0.142. The second-order valence-electron chi connectivity index (χ2n) is 2.68. The molecule has 0 saturated heterocycles. The topological polar surface area (TPSA) is 78.3 Å². The lowest BCUT2D eigenvalue weighted by Gasteiger charge is -2.09. The van der Waals surface area contributed by atoms with Crippen LogP contribution in [-0.4, -0.2) is 25.2 Å². The summed E-state index contributed by atoms with van der Waals surface area (Å²) < 4.78 is 4.44. The van der Waals surface area contributed by atoms with Gasteiger partial charge in [0.2, 0.25) is 0 Å². The maximum absolute atomic E-state index is 10.7. The number of nitrogens with two attached hydrogens (primary N) is 2. The number of rotatable bonds is 4. The summed E-state index contributed by atoms with van der Waals surface area (Å²) in [6.45, 7) is 1.88. The maximum Gasteiger partial charge on any atom is 0.322 e. The van der Waals surface area contributed by atoms with Crippen LogP contribution in [-0.2, 0) is 9.53 Å². The van der Waals surface area contributed by atoms with Gasteiger partial charge in [-0.3, -0.25) is 4.79 Å². The van der Waals surface area contributed by atoms with Gasteiger partial charge in [0.15, 0.2) is 0 Å². The second kappa shape index (κ2) is 10.1. The average Bonchev–Trinajstić information content (AvgIpc) is 1.98. The minimum absolute atomic E-state index is 0. The van der Waals surface area contributed by atoms with Crippen LogP contribution in [0, 0.1) is 0 Å². The standard InChI is InChI=1S/C7H16N2O2.2ClH/c1-5(8)3-4-6(9)7(10)11-2;;/h5-6H,3-4,8-9H2,1-2H3;2*1H. The van der Waals surface area contributed by atoms with E-state index in [9.17, 15) is 4.79 Å². The van der Waals surface area contributed by atoms with E-state index in [0.29, 0.717) is 6.42 Å². The van der Waals surface area contributed by atoms with Gasteiger partial charge < -0.3 is 16.2 Å². The van der Waals surface area contributed by atoms with Gasteiger partial charge in [-0.1, -0.05) is 0 Å². The number of halogens is 2. The lowest BCUT2D eigenvalue weighted by atomic mass is 10.1. The van der Waals surface area contributed by atoms with Crippen molar-refractivity contribution in [3.05, 3.63) is 0 Å². The molecule has 0 aliphatic rings. The molecule has 0 heterocycles. The van der Waals surface area contributed by atoms with Gasteiger partial charge >= 0.3 is 5.97 Å². The molecule has 0 rings (SSSR count). The van der Waals surface area contributed by atoms with E-state index < -0.39 is 6.04 Å². The molecule has 0 bridgehead atoms. The van der Waals surface area contributed by atoms with Gasteiger partial charge in [-0.05, 0) is 19.8 Å². The van der Waals surface area contributed by atoms with E-state index in [2.05, 4.69) is 4.74 Å². The summed E-state index contributed by atoms with van der Waals surface area (Å²) in [6.07, 6.45) is 1.33. The van der Waals surface area contributed by atoms with Gasteiger partial charge in [0.05, 0.1) is 7.11 Å². The van der Waals surface area contributed by atoms with Crippen molar-refractivity contribution in [2.45, 2.75) is 31.8 Å². The normalized spacial score (nSPS) is 13.2. The van der Waals surface area contributed by atoms with Gasteiger partial charge in [0.1, 0.15) is 6.04 Å². The van der Waals surface area contributed by atoms with Crippen molar-refractivity contribution in [3.63, 3.8) is 0 Å². The number of esters is 1. The third kappa shape index (κ3) is 9.89. The Kier molecular flexibility index (Phi) is 14.5. The van der Waals surface area contributed by atoms with E-state index >= 15 is 0 Å². The highest BCUT2D eigenvalue weighted by atomic mass is 35.5. The largest absolute Gasteiger partial charge is 0.468 e. The Labute approximate surface area is 91.2 Å². The molecule has 4 nitrogen and oxygen atoms in total. The molecule has 0 aromatic carbocycles. The van der Waals surface area contributed by atoms with Crippen LogP contribution in [0.1, 0.15) is 19.8 Å². The molecule has 0 amide bonds. The molecular weight excluding hydrogens is 215 g/mol. The molecule has 0 aliphatic carbocycles. The predicted octanol–water partition coefficient (Wildman–Crippen LogP) is 0.458. The molecule has 0 saturated carbocycles. The summed E-state index contributed by atoms with van der Waals surface area (Å²) in [4.78, 5) is 10.7. The smallest absolute Gasteiger partial charge is 0.322 e. The van der Waals surface area contributed by atoms with E-state index in [1.165, 1.54) is 7.11 Å². The summed E-state index contributed by atoms with van der Waals surface area (Å²) in [7, 11) is 1.33. The highest BCUT2D eigenvalue weighted by Gasteiger charge is 2.13. The van der Waals surface area contributed by atoms with Crippen molar-refractivity contribution >= 4 is 30.8 Å². The lowest BCUT2D eigenvalue weighted by Crippen LogP contribution is -2.33. The number of carbonyl (C=O) groups excluding carboxylic acids is 1.